The molecule has 1 saturated carbocycles. The van der Waals surface area contributed by atoms with Crippen LogP contribution in [0.15, 0.2) is 0 Å². The average Bonchev–Trinajstić information content (AvgIpc) is 2.55. The molecule has 0 heterocycles. The van der Waals surface area contributed by atoms with Crippen molar-refractivity contribution in [1.82, 2.24) is 5.32 Å². The van der Waals surface area contributed by atoms with Crippen LogP contribution in [0.3, 0.4) is 0 Å². The molecule has 0 saturated heterocycles. The molecule has 1 rings (SSSR count). The Morgan fingerprint density at radius 1 is 1.39 bits per heavy atom. The van der Waals surface area contributed by atoms with Gasteiger partial charge in [-0.1, -0.05) is 32.6 Å². The number of ether oxygens (including phenoxy) is 1. The van der Waals surface area contributed by atoms with E-state index in [4.69, 9.17) is 4.74 Å². The molecule has 1 unspecified atom stereocenters. The van der Waals surface area contributed by atoms with Crippen molar-refractivity contribution in [3.05, 3.63) is 0 Å². The molecule has 1 atom stereocenters. The lowest BCUT2D eigenvalue weighted by atomic mass is 9.91. The highest BCUT2D eigenvalue weighted by Gasteiger charge is 2.32. The van der Waals surface area contributed by atoms with Crippen LogP contribution in [-0.2, 0) is 9.53 Å². The number of methoxy groups -OCH3 is 1. The number of carbonyl (C=O) groups excluding carboxylic acids is 1. The molecule has 0 radical (unpaired) electrons. The molecule has 0 bridgehead atoms. The van der Waals surface area contributed by atoms with Crippen molar-refractivity contribution in [2.24, 2.45) is 5.92 Å². The second-order valence-corrected chi connectivity index (χ2v) is 5.42. The van der Waals surface area contributed by atoms with E-state index in [2.05, 4.69) is 11.4 Å². The zero-order chi connectivity index (χ0) is 13.4. The van der Waals surface area contributed by atoms with Gasteiger partial charge in [0.1, 0.15) is 5.54 Å². The van der Waals surface area contributed by atoms with Crippen molar-refractivity contribution in [2.45, 2.75) is 57.4 Å². The Morgan fingerprint density at radius 3 is 2.50 bits per heavy atom. The lowest BCUT2D eigenvalue weighted by Crippen LogP contribution is -2.47. The molecule has 0 spiro atoms. The van der Waals surface area contributed by atoms with Gasteiger partial charge in [0.25, 0.3) is 0 Å². The van der Waals surface area contributed by atoms with Crippen molar-refractivity contribution in [1.29, 1.82) is 5.26 Å². The minimum absolute atomic E-state index is 0.0250. The van der Waals surface area contributed by atoms with Crippen molar-refractivity contribution >= 4 is 5.91 Å². The fourth-order valence-corrected chi connectivity index (χ4v) is 2.57. The van der Waals surface area contributed by atoms with E-state index >= 15 is 0 Å². The molecule has 0 aromatic heterocycles. The number of nitrogens with one attached hydrogen (secondary N) is 1. The molecule has 18 heavy (non-hydrogen) atoms. The minimum atomic E-state index is -0.625. The van der Waals surface area contributed by atoms with Gasteiger partial charge in [-0.25, -0.2) is 0 Å². The van der Waals surface area contributed by atoms with Gasteiger partial charge in [0, 0.05) is 20.1 Å². The first-order valence-electron chi connectivity index (χ1n) is 6.83. The maximum absolute atomic E-state index is 12.0. The third kappa shape index (κ3) is 4.66. The molecule has 4 heteroatoms. The van der Waals surface area contributed by atoms with Gasteiger partial charge in [-0.05, 0) is 18.8 Å². The molecular formula is C14H24N2O2. The van der Waals surface area contributed by atoms with E-state index < -0.39 is 5.54 Å². The first kappa shape index (κ1) is 15.0. The standard InChI is InChI=1S/C14H24N2O2/c1-12(10-18-2)9-13(17)16-14(11-15)7-5-3-4-6-8-14/h12H,3-10H2,1-2H3,(H,16,17). The average molecular weight is 252 g/mol. The Morgan fingerprint density at radius 2 is 2.00 bits per heavy atom. The van der Waals surface area contributed by atoms with Gasteiger partial charge in [-0.15, -0.1) is 0 Å². The van der Waals surface area contributed by atoms with Crippen LogP contribution in [0.1, 0.15) is 51.9 Å². The largest absolute Gasteiger partial charge is 0.384 e. The van der Waals surface area contributed by atoms with Gasteiger partial charge in [0.2, 0.25) is 5.91 Å². The van der Waals surface area contributed by atoms with Crippen LogP contribution in [0.25, 0.3) is 0 Å². The molecule has 1 fully saturated rings. The number of rotatable bonds is 5. The van der Waals surface area contributed by atoms with E-state index in [1.807, 2.05) is 6.92 Å². The predicted octanol–water partition coefficient (Wildman–Crippen LogP) is 2.39. The van der Waals surface area contributed by atoms with E-state index in [-0.39, 0.29) is 11.8 Å². The molecule has 4 nitrogen and oxygen atoms in total. The van der Waals surface area contributed by atoms with Crippen LogP contribution in [0.4, 0.5) is 0 Å². The third-order valence-electron chi connectivity index (χ3n) is 3.53. The highest BCUT2D eigenvalue weighted by Crippen LogP contribution is 2.26. The zero-order valence-corrected chi connectivity index (χ0v) is 11.5. The predicted molar refractivity (Wildman–Crippen MR) is 69.8 cm³/mol. The number of hydrogen-bond donors (Lipinski definition) is 1. The highest BCUT2D eigenvalue weighted by atomic mass is 16.5. The monoisotopic (exact) mass is 252 g/mol. The van der Waals surface area contributed by atoms with Crippen LogP contribution in [0.2, 0.25) is 0 Å². The van der Waals surface area contributed by atoms with E-state index in [9.17, 15) is 10.1 Å². The molecule has 1 aliphatic carbocycles. The van der Waals surface area contributed by atoms with Gasteiger partial charge in [0.05, 0.1) is 6.07 Å². The lowest BCUT2D eigenvalue weighted by molar-refractivity contribution is -0.123. The van der Waals surface area contributed by atoms with Crippen molar-refractivity contribution < 1.29 is 9.53 Å². The maximum Gasteiger partial charge on any atom is 0.221 e. The second-order valence-electron chi connectivity index (χ2n) is 5.42. The maximum atomic E-state index is 12.0. The molecule has 102 valence electrons. The van der Waals surface area contributed by atoms with E-state index in [1.165, 1.54) is 12.8 Å². The normalized spacial score (nSPS) is 20.5. The van der Waals surface area contributed by atoms with Crippen molar-refractivity contribution in [3.8, 4) is 6.07 Å². The number of nitrogens with zero attached hydrogens (tertiary/aromatic N) is 1. The smallest absolute Gasteiger partial charge is 0.221 e. The summed E-state index contributed by atoms with van der Waals surface area (Å²) in [4.78, 5) is 12.0. The topological polar surface area (TPSA) is 62.1 Å². The Kier molecular flexibility index (Phi) is 6.14. The lowest BCUT2D eigenvalue weighted by Gasteiger charge is -2.27. The Hall–Kier alpha value is -1.08. The van der Waals surface area contributed by atoms with Crippen LogP contribution >= 0.6 is 0 Å². The van der Waals surface area contributed by atoms with Crippen molar-refractivity contribution in [3.63, 3.8) is 0 Å². The Balaban J connectivity index is 2.51. The number of amides is 1. The summed E-state index contributed by atoms with van der Waals surface area (Å²) >= 11 is 0. The van der Waals surface area contributed by atoms with Gasteiger partial charge in [0.15, 0.2) is 0 Å². The summed E-state index contributed by atoms with van der Waals surface area (Å²) < 4.78 is 5.02. The summed E-state index contributed by atoms with van der Waals surface area (Å²) in [5, 5.41) is 12.3. The molecule has 0 aliphatic heterocycles. The summed E-state index contributed by atoms with van der Waals surface area (Å²) in [5.74, 6) is 0.166. The summed E-state index contributed by atoms with van der Waals surface area (Å²) in [5.41, 5.74) is -0.625. The van der Waals surface area contributed by atoms with Crippen LogP contribution < -0.4 is 5.32 Å². The fourth-order valence-electron chi connectivity index (χ4n) is 2.57. The molecular weight excluding hydrogens is 228 g/mol. The van der Waals surface area contributed by atoms with Gasteiger partial charge >= 0.3 is 0 Å². The van der Waals surface area contributed by atoms with E-state index in [0.29, 0.717) is 13.0 Å². The molecule has 1 N–H and O–H groups in total. The Bertz CT molecular complexity index is 301. The Labute approximate surface area is 110 Å². The molecule has 1 amide bonds. The first-order valence-corrected chi connectivity index (χ1v) is 6.83. The summed E-state index contributed by atoms with van der Waals surface area (Å²) in [6, 6.07) is 2.33. The minimum Gasteiger partial charge on any atom is -0.384 e. The molecule has 0 aromatic carbocycles. The highest BCUT2D eigenvalue weighted by molar-refractivity contribution is 5.77. The van der Waals surface area contributed by atoms with E-state index in [0.717, 1.165) is 25.7 Å². The first-order chi connectivity index (χ1) is 8.62. The van der Waals surface area contributed by atoms with Crippen molar-refractivity contribution in [2.75, 3.05) is 13.7 Å². The number of hydrogen-bond acceptors (Lipinski definition) is 3. The van der Waals surface area contributed by atoms with Crippen LogP contribution in [0.5, 0.6) is 0 Å². The number of nitriles is 1. The van der Waals surface area contributed by atoms with Gasteiger partial charge in [-0.3, -0.25) is 4.79 Å². The van der Waals surface area contributed by atoms with Gasteiger partial charge < -0.3 is 10.1 Å². The summed E-state index contributed by atoms with van der Waals surface area (Å²) in [6.07, 6.45) is 6.39. The van der Waals surface area contributed by atoms with Crippen LogP contribution in [-0.4, -0.2) is 25.2 Å². The second kappa shape index (κ2) is 7.38. The van der Waals surface area contributed by atoms with E-state index in [1.54, 1.807) is 7.11 Å². The summed E-state index contributed by atoms with van der Waals surface area (Å²) in [6.45, 7) is 2.56. The van der Waals surface area contributed by atoms with Gasteiger partial charge in [-0.2, -0.15) is 5.26 Å². The number of carbonyl (C=O) groups is 1. The quantitative estimate of drug-likeness (QED) is 0.764. The SMILES string of the molecule is COCC(C)CC(=O)NC1(C#N)CCCCCC1. The molecule has 1 aliphatic rings. The molecule has 0 aromatic rings. The summed E-state index contributed by atoms with van der Waals surface area (Å²) in [7, 11) is 1.64. The zero-order valence-electron chi connectivity index (χ0n) is 11.5. The third-order valence-corrected chi connectivity index (χ3v) is 3.53. The van der Waals surface area contributed by atoms with Crippen LogP contribution in [0, 0.1) is 17.2 Å². The fraction of sp³-hybridized carbons (Fsp3) is 0.857.